The van der Waals surface area contributed by atoms with Crippen molar-refractivity contribution in [3.63, 3.8) is 0 Å². The highest BCUT2D eigenvalue weighted by Crippen LogP contribution is 2.06. The molecule has 2 N–H and O–H groups in total. The number of hydrogen-bond donors (Lipinski definition) is 2. The van der Waals surface area contributed by atoms with Gasteiger partial charge in [-0.2, -0.15) is 0 Å². The molecule has 1 aromatic rings. The van der Waals surface area contributed by atoms with Gasteiger partial charge in [0.15, 0.2) is 0 Å². The summed E-state index contributed by atoms with van der Waals surface area (Å²) < 4.78 is 0. The SMILES string of the molecule is CCCNc1ccc(C(=O)NCCCN(CC)CC)nc1. The third kappa shape index (κ3) is 6.58. The smallest absolute Gasteiger partial charge is 0.269 e. The Hall–Kier alpha value is -1.62. The molecule has 1 rings (SSSR count). The van der Waals surface area contributed by atoms with Crippen LogP contribution in [0, 0.1) is 0 Å². The minimum absolute atomic E-state index is 0.100. The summed E-state index contributed by atoms with van der Waals surface area (Å²) in [7, 11) is 0. The fourth-order valence-corrected chi connectivity index (χ4v) is 2.04. The van der Waals surface area contributed by atoms with Crippen LogP contribution >= 0.6 is 0 Å². The van der Waals surface area contributed by atoms with Crippen molar-refractivity contribution in [2.24, 2.45) is 0 Å². The van der Waals surface area contributed by atoms with Gasteiger partial charge in [-0.15, -0.1) is 0 Å². The summed E-state index contributed by atoms with van der Waals surface area (Å²) in [5.41, 5.74) is 1.43. The van der Waals surface area contributed by atoms with Crippen LogP contribution in [0.2, 0.25) is 0 Å². The first-order valence-corrected chi connectivity index (χ1v) is 7.91. The Morgan fingerprint density at radius 3 is 2.52 bits per heavy atom. The van der Waals surface area contributed by atoms with Crippen LogP contribution in [-0.2, 0) is 0 Å². The van der Waals surface area contributed by atoms with Crippen molar-refractivity contribution in [2.75, 3.05) is 38.0 Å². The Kier molecular flexibility index (Phi) is 8.43. The fraction of sp³-hybridized carbons (Fsp3) is 0.625. The number of hydrogen-bond acceptors (Lipinski definition) is 4. The zero-order valence-electron chi connectivity index (χ0n) is 13.5. The fourth-order valence-electron chi connectivity index (χ4n) is 2.04. The van der Waals surface area contributed by atoms with Crippen LogP contribution < -0.4 is 10.6 Å². The second-order valence-electron chi connectivity index (χ2n) is 5.00. The predicted molar refractivity (Wildman–Crippen MR) is 87.8 cm³/mol. The third-order valence-electron chi connectivity index (χ3n) is 3.41. The highest BCUT2D eigenvalue weighted by molar-refractivity contribution is 5.92. The van der Waals surface area contributed by atoms with E-state index in [2.05, 4.69) is 41.3 Å². The first-order valence-electron chi connectivity index (χ1n) is 7.91. The van der Waals surface area contributed by atoms with Gasteiger partial charge in [-0.3, -0.25) is 4.79 Å². The Morgan fingerprint density at radius 2 is 1.95 bits per heavy atom. The first-order chi connectivity index (χ1) is 10.2. The van der Waals surface area contributed by atoms with E-state index in [1.54, 1.807) is 12.3 Å². The van der Waals surface area contributed by atoms with Crippen LogP contribution in [-0.4, -0.2) is 48.5 Å². The molecule has 5 nitrogen and oxygen atoms in total. The molecular weight excluding hydrogens is 264 g/mol. The number of aromatic nitrogens is 1. The number of pyridine rings is 1. The highest BCUT2D eigenvalue weighted by atomic mass is 16.1. The zero-order chi connectivity index (χ0) is 15.5. The molecule has 118 valence electrons. The highest BCUT2D eigenvalue weighted by Gasteiger charge is 2.06. The summed E-state index contributed by atoms with van der Waals surface area (Å²) in [6, 6.07) is 3.66. The molecule has 5 heteroatoms. The minimum Gasteiger partial charge on any atom is -0.384 e. The summed E-state index contributed by atoms with van der Waals surface area (Å²) in [5, 5.41) is 6.15. The van der Waals surface area contributed by atoms with E-state index in [0.717, 1.165) is 44.7 Å². The van der Waals surface area contributed by atoms with E-state index in [1.807, 2.05) is 6.07 Å². The van der Waals surface area contributed by atoms with Crippen molar-refractivity contribution in [3.05, 3.63) is 24.0 Å². The van der Waals surface area contributed by atoms with E-state index in [9.17, 15) is 4.79 Å². The Bertz CT molecular complexity index is 401. The molecule has 0 aliphatic heterocycles. The average molecular weight is 292 g/mol. The van der Waals surface area contributed by atoms with Crippen LogP contribution in [0.1, 0.15) is 44.1 Å². The molecule has 0 spiro atoms. The lowest BCUT2D eigenvalue weighted by molar-refractivity contribution is 0.0947. The van der Waals surface area contributed by atoms with Gasteiger partial charge in [-0.05, 0) is 44.6 Å². The zero-order valence-corrected chi connectivity index (χ0v) is 13.5. The second-order valence-corrected chi connectivity index (χ2v) is 5.00. The van der Waals surface area contributed by atoms with Gasteiger partial charge in [-0.25, -0.2) is 4.98 Å². The molecule has 0 atom stereocenters. The van der Waals surface area contributed by atoms with E-state index in [0.29, 0.717) is 12.2 Å². The molecule has 0 radical (unpaired) electrons. The maximum absolute atomic E-state index is 11.9. The van der Waals surface area contributed by atoms with E-state index >= 15 is 0 Å². The molecule has 0 fully saturated rings. The summed E-state index contributed by atoms with van der Waals surface area (Å²) >= 11 is 0. The van der Waals surface area contributed by atoms with Gasteiger partial charge in [0.25, 0.3) is 5.91 Å². The van der Waals surface area contributed by atoms with Crippen molar-refractivity contribution in [3.8, 4) is 0 Å². The van der Waals surface area contributed by atoms with Crippen molar-refractivity contribution in [1.29, 1.82) is 0 Å². The normalized spacial score (nSPS) is 10.7. The van der Waals surface area contributed by atoms with E-state index in [4.69, 9.17) is 0 Å². The van der Waals surface area contributed by atoms with Crippen molar-refractivity contribution in [1.82, 2.24) is 15.2 Å². The third-order valence-corrected chi connectivity index (χ3v) is 3.41. The standard InChI is InChI=1S/C16H28N4O/c1-4-10-17-14-8-9-15(19-13-14)16(21)18-11-7-12-20(5-2)6-3/h8-9,13,17H,4-7,10-12H2,1-3H3,(H,18,21). The topological polar surface area (TPSA) is 57.3 Å². The lowest BCUT2D eigenvalue weighted by atomic mass is 10.3. The molecule has 1 heterocycles. The quantitative estimate of drug-likeness (QED) is 0.650. The summed E-state index contributed by atoms with van der Waals surface area (Å²) in [6.07, 6.45) is 3.73. The van der Waals surface area contributed by atoms with Crippen molar-refractivity contribution >= 4 is 11.6 Å². The first kappa shape index (κ1) is 17.4. The number of nitrogens with zero attached hydrogens (tertiary/aromatic N) is 2. The lowest BCUT2D eigenvalue weighted by Crippen LogP contribution is -2.30. The van der Waals surface area contributed by atoms with Gasteiger partial charge >= 0.3 is 0 Å². The Labute approximate surface area is 128 Å². The Morgan fingerprint density at radius 1 is 1.19 bits per heavy atom. The number of amides is 1. The van der Waals surface area contributed by atoms with Crippen LogP contribution in [0.15, 0.2) is 18.3 Å². The number of rotatable bonds is 10. The van der Waals surface area contributed by atoms with Crippen LogP contribution in [0.25, 0.3) is 0 Å². The number of anilines is 1. The van der Waals surface area contributed by atoms with Gasteiger partial charge in [0.05, 0.1) is 11.9 Å². The lowest BCUT2D eigenvalue weighted by Gasteiger charge is -2.17. The van der Waals surface area contributed by atoms with Gasteiger partial charge in [0, 0.05) is 13.1 Å². The van der Waals surface area contributed by atoms with Gasteiger partial charge in [0.1, 0.15) is 5.69 Å². The van der Waals surface area contributed by atoms with Gasteiger partial charge in [-0.1, -0.05) is 20.8 Å². The molecule has 0 aliphatic rings. The van der Waals surface area contributed by atoms with Crippen LogP contribution in [0.4, 0.5) is 5.69 Å². The van der Waals surface area contributed by atoms with Crippen molar-refractivity contribution < 1.29 is 4.79 Å². The Balaban J connectivity index is 2.31. The van der Waals surface area contributed by atoms with E-state index < -0.39 is 0 Å². The van der Waals surface area contributed by atoms with Gasteiger partial charge in [0.2, 0.25) is 0 Å². The molecule has 0 saturated heterocycles. The number of carbonyl (C=O) groups is 1. The average Bonchev–Trinajstić information content (AvgIpc) is 2.53. The summed E-state index contributed by atoms with van der Waals surface area (Å²) in [5.74, 6) is -0.100. The van der Waals surface area contributed by atoms with Crippen molar-refractivity contribution in [2.45, 2.75) is 33.6 Å². The van der Waals surface area contributed by atoms with Gasteiger partial charge < -0.3 is 15.5 Å². The molecule has 0 aromatic carbocycles. The van der Waals surface area contributed by atoms with E-state index in [1.165, 1.54) is 0 Å². The monoisotopic (exact) mass is 292 g/mol. The molecule has 0 unspecified atom stereocenters. The molecule has 0 aliphatic carbocycles. The minimum atomic E-state index is -0.100. The second kappa shape index (κ2) is 10.2. The molecule has 21 heavy (non-hydrogen) atoms. The molecule has 1 amide bonds. The maximum Gasteiger partial charge on any atom is 0.269 e. The predicted octanol–water partition coefficient (Wildman–Crippen LogP) is 2.37. The molecule has 1 aromatic heterocycles. The largest absolute Gasteiger partial charge is 0.384 e. The summed E-state index contributed by atoms with van der Waals surface area (Å²) in [6.45, 7) is 11.1. The molecule has 0 saturated carbocycles. The number of nitrogens with one attached hydrogen (secondary N) is 2. The van der Waals surface area contributed by atoms with E-state index in [-0.39, 0.29) is 5.91 Å². The number of carbonyl (C=O) groups excluding carboxylic acids is 1. The maximum atomic E-state index is 11.9. The summed E-state index contributed by atoms with van der Waals surface area (Å²) in [4.78, 5) is 18.5. The van der Waals surface area contributed by atoms with Crippen LogP contribution in [0.5, 0.6) is 0 Å². The molecular formula is C16H28N4O. The van der Waals surface area contributed by atoms with Crippen LogP contribution in [0.3, 0.4) is 0 Å². The molecule has 0 bridgehead atoms.